The zero-order chi connectivity index (χ0) is 13.5. The van der Waals surface area contributed by atoms with Gasteiger partial charge in [-0.15, -0.1) is 0 Å². The molecule has 3 nitrogen and oxygen atoms in total. The minimum atomic E-state index is -4.68. The Morgan fingerprint density at radius 1 is 1.22 bits per heavy atom. The first kappa shape index (κ1) is 12.9. The molecule has 0 unspecified atom stereocenters. The molecule has 2 rings (SSSR count). The van der Waals surface area contributed by atoms with Gasteiger partial charge in [0.15, 0.2) is 0 Å². The molecule has 0 atom stereocenters. The van der Waals surface area contributed by atoms with E-state index in [1.165, 1.54) is 0 Å². The van der Waals surface area contributed by atoms with Gasteiger partial charge in [-0.3, -0.25) is 10.1 Å². The summed E-state index contributed by atoms with van der Waals surface area (Å²) in [6.07, 6.45) is -2.12. The molecule has 0 heterocycles. The highest BCUT2D eigenvalue weighted by Crippen LogP contribution is 2.42. The topological polar surface area (TPSA) is 43.1 Å². The molecule has 1 aromatic rings. The number of rotatable bonds is 1. The normalized spacial score (nSPS) is 15.3. The van der Waals surface area contributed by atoms with E-state index >= 15 is 0 Å². The number of halogens is 3. The van der Waals surface area contributed by atoms with E-state index in [0.29, 0.717) is 24.8 Å². The molecular weight excluding hydrogens is 247 g/mol. The minimum absolute atomic E-state index is 0.276. The molecule has 0 spiro atoms. The fourth-order valence-corrected chi connectivity index (χ4v) is 2.56. The Labute approximate surface area is 102 Å². The number of nitrogens with zero attached hydrogens (tertiary/aromatic N) is 1. The molecule has 18 heavy (non-hydrogen) atoms. The molecule has 6 heteroatoms. The molecule has 0 saturated heterocycles. The number of aryl methyl sites for hydroxylation is 1. The van der Waals surface area contributed by atoms with Crippen LogP contribution in [-0.4, -0.2) is 4.92 Å². The molecular formula is C12H12F3NO2. The van der Waals surface area contributed by atoms with Crippen molar-refractivity contribution in [2.45, 2.75) is 38.8 Å². The van der Waals surface area contributed by atoms with Gasteiger partial charge in [-0.2, -0.15) is 13.2 Å². The number of benzene rings is 1. The fraction of sp³-hybridized carbons (Fsp3) is 0.500. The third kappa shape index (κ3) is 2.07. The molecule has 0 N–H and O–H groups in total. The van der Waals surface area contributed by atoms with E-state index in [1.54, 1.807) is 6.92 Å². The molecule has 0 amide bonds. The number of alkyl halides is 3. The van der Waals surface area contributed by atoms with E-state index < -0.39 is 22.4 Å². The number of hydrogen-bond acceptors (Lipinski definition) is 2. The number of nitro benzene ring substituents is 1. The lowest BCUT2D eigenvalue weighted by Crippen LogP contribution is -2.16. The van der Waals surface area contributed by atoms with E-state index in [0.717, 1.165) is 18.1 Å². The third-order valence-electron chi connectivity index (χ3n) is 3.33. The van der Waals surface area contributed by atoms with Gasteiger partial charge in [0, 0.05) is 5.56 Å². The Hall–Kier alpha value is -1.59. The van der Waals surface area contributed by atoms with Gasteiger partial charge in [0.05, 0.1) is 4.92 Å². The lowest BCUT2D eigenvalue weighted by Gasteiger charge is -2.20. The third-order valence-corrected chi connectivity index (χ3v) is 3.33. The summed E-state index contributed by atoms with van der Waals surface area (Å²) in [7, 11) is 0. The van der Waals surface area contributed by atoms with Gasteiger partial charge in [0.1, 0.15) is 5.56 Å². The van der Waals surface area contributed by atoms with Crippen LogP contribution in [0.25, 0.3) is 0 Å². The van der Waals surface area contributed by atoms with Gasteiger partial charge >= 0.3 is 6.18 Å². The van der Waals surface area contributed by atoms with Crippen LogP contribution in [0.4, 0.5) is 18.9 Å². The van der Waals surface area contributed by atoms with E-state index in [4.69, 9.17) is 0 Å². The minimum Gasteiger partial charge on any atom is -0.258 e. The van der Waals surface area contributed by atoms with Gasteiger partial charge in [-0.25, -0.2) is 0 Å². The highest BCUT2D eigenvalue weighted by molar-refractivity contribution is 5.57. The van der Waals surface area contributed by atoms with Gasteiger partial charge in [0.2, 0.25) is 0 Å². The van der Waals surface area contributed by atoms with E-state index in [1.807, 2.05) is 0 Å². The predicted molar refractivity (Wildman–Crippen MR) is 59.5 cm³/mol. The Balaban J connectivity index is 2.76. The van der Waals surface area contributed by atoms with Crippen molar-refractivity contribution in [3.8, 4) is 0 Å². The first-order valence-electron chi connectivity index (χ1n) is 5.69. The fourth-order valence-electron chi connectivity index (χ4n) is 2.56. The summed E-state index contributed by atoms with van der Waals surface area (Å²) in [5.41, 5.74) is -0.365. The van der Waals surface area contributed by atoms with Crippen LogP contribution >= 0.6 is 0 Å². The largest absolute Gasteiger partial charge is 0.423 e. The van der Waals surface area contributed by atoms with Crippen LogP contribution in [0.3, 0.4) is 0 Å². The molecule has 0 saturated carbocycles. The zero-order valence-electron chi connectivity index (χ0n) is 9.80. The Bertz CT molecular complexity index is 509. The molecule has 0 aliphatic heterocycles. The summed E-state index contributed by atoms with van der Waals surface area (Å²) in [4.78, 5) is 10.1. The van der Waals surface area contributed by atoms with Crippen LogP contribution < -0.4 is 0 Å². The highest BCUT2D eigenvalue weighted by atomic mass is 19.4. The maximum Gasteiger partial charge on any atom is 0.423 e. The predicted octanol–water partition coefficient (Wildman–Crippen LogP) is 3.80. The zero-order valence-corrected chi connectivity index (χ0v) is 9.80. The van der Waals surface area contributed by atoms with Crippen LogP contribution in [0.2, 0.25) is 0 Å². The van der Waals surface area contributed by atoms with Gasteiger partial charge in [-0.1, -0.05) is 0 Å². The van der Waals surface area contributed by atoms with Crippen molar-refractivity contribution in [2.24, 2.45) is 0 Å². The van der Waals surface area contributed by atoms with E-state index in [2.05, 4.69) is 0 Å². The van der Waals surface area contributed by atoms with Crippen molar-refractivity contribution < 1.29 is 18.1 Å². The van der Waals surface area contributed by atoms with Crippen molar-refractivity contribution in [3.05, 3.63) is 38.4 Å². The summed E-state index contributed by atoms with van der Waals surface area (Å²) < 4.78 is 38.6. The van der Waals surface area contributed by atoms with Crippen molar-refractivity contribution in [1.29, 1.82) is 0 Å². The quantitative estimate of drug-likeness (QED) is 0.568. The summed E-state index contributed by atoms with van der Waals surface area (Å²) in [6.45, 7) is 1.59. The van der Waals surface area contributed by atoms with Crippen LogP contribution in [0.15, 0.2) is 6.07 Å². The Kier molecular flexibility index (Phi) is 3.04. The Morgan fingerprint density at radius 2 is 1.78 bits per heavy atom. The number of hydrogen-bond donors (Lipinski definition) is 0. The lowest BCUT2D eigenvalue weighted by atomic mass is 9.85. The molecule has 0 bridgehead atoms. The second-order valence-corrected chi connectivity index (χ2v) is 4.51. The van der Waals surface area contributed by atoms with Crippen LogP contribution in [0, 0.1) is 17.0 Å². The van der Waals surface area contributed by atoms with Gasteiger partial charge in [-0.05, 0) is 49.8 Å². The monoisotopic (exact) mass is 259 g/mol. The summed E-state index contributed by atoms with van der Waals surface area (Å²) in [5.74, 6) is 0. The average Bonchev–Trinajstić information content (AvgIpc) is 2.27. The van der Waals surface area contributed by atoms with Crippen LogP contribution in [0.5, 0.6) is 0 Å². The smallest absolute Gasteiger partial charge is 0.258 e. The second-order valence-electron chi connectivity index (χ2n) is 4.51. The lowest BCUT2D eigenvalue weighted by molar-refractivity contribution is -0.388. The van der Waals surface area contributed by atoms with E-state index in [-0.39, 0.29) is 5.56 Å². The number of nitro groups is 1. The van der Waals surface area contributed by atoms with Gasteiger partial charge < -0.3 is 0 Å². The summed E-state index contributed by atoms with van der Waals surface area (Å²) in [5, 5.41) is 11.0. The maximum atomic E-state index is 12.9. The second kappa shape index (κ2) is 4.26. The molecule has 1 aromatic carbocycles. The standard InChI is InChI=1S/C12H12F3NO2/c1-7-6-10(12(13,14)15)11(16(17)18)9-5-3-2-4-8(7)9/h6H,2-5H2,1H3. The summed E-state index contributed by atoms with van der Waals surface area (Å²) in [6, 6.07) is 0.905. The van der Waals surface area contributed by atoms with Crippen molar-refractivity contribution >= 4 is 5.69 Å². The van der Waals surface area contributed by atoms with Crippen molar-refractivity contribution in [2.75, 3.05) is 0 Å². The van der Waals surface area contributed by atoms with Crippen LogP contribution in [0.1, 0.15) is 35.1 Å². The first-order valence-corrected chi connectivity index (χ1v) is 5.69. The van der Waals surface area contributed by atoms with Gasteiger partial charge in [0.25, 0.3) is 5.69 Å². The molecule has 1 aliphatic carbocycles. The molecule has 98 valence electrons. The SMILES string of the molecule is Cc1cc(C(F)(F)F)c([N+](=O)[O-])c2c1CCCC2. The maximum absolute atomic E-state index is 12.9. The van der Waals surface area contributed by atoms with Crippen molar-refractivity contribution in [1.82, 2.24) is 0 Å². The summed E-state index contributed by atoms with van der Waals surface area (Å²) >= 11 is 0. The van der Waals surface area contributed by atoms with E-state index in [9.17, 15) is 23.3 Å². The average molecular weight is 259 g/mol. The molecule has 0 radical (unpaired) electrons. The number of fused-ring (bicyclic) bond motifs is 1. The Morgan fingerprint density at radius 3 is 2.28 bits per heavy atom. The molecule has 1 aliphatic rings. The molecule has 0 fully saturated rings. The first-order chi connectivity index (χ1) is 8.32. The molecule has 0 aromatic heterocycles. The van der Waals surface area contributed by atoms with Crippen LogP contribution in [-0.2, 0) is 19.0 Å². The van der Waals surface area contributed by atoms with Crippen molar-refractivity contribution in [3.63, 3.8) is 0 Å². The highest BCUT2D eigenvalue weighted by Gasteiger charge is 2.41.